The first-order valence-corrected chi connectivity index (χ1v) is 9.89. The van der Waals surface area contributed by atoms with E-state index in [4.69, 9.17) is 4.74 Å². The highest BCUT2D eigenvalue weighted by Crippen LogP contribution is 2.21. The van der Waals surface area contributed by atoms with Crippen LogP contribution in [-0.4, -0.2) is 29.0 Å². The molecule has 1 saturated heterocycles. The molecule has 0 aliphatic carbocycles. The number of pyridine rings is 2. The highest BCUT2D eigenvalue weighted by atomic mass is 16.5. The van der Waals surface area contributed by atoms with Crippen LogP contribution >= 0.6 is 0 Å². The number of carbonyl (C=O) groups excluding carboxylic acids is 1. The van der Waals surface area contributed by atoms with Gasteiger partial charge >= 0.3 is 0 Å². The van der Waals surface area contributed by atoms with Gasteiger partial charge in [-0.1, -0.05) is 30.3 Å². The van der Waals surface area contributed by atoms with Gasteiger partial charge < -0.3 is 15.0 Å². The van der Waals surface area contributed by atoms with Crippen LogP contribution in [0.5, 0.6) is 5.88 Å². The number of amides is 1. The first-order chi connectivity index (χ1) is 14.2. The predicted octanol–water partition coefficient (Wildman–Crippen LogP) is 4.47. The zero-order chi connectivity index (χ0) is 20.1. The van der Waals surface area contributed by atoms with Crippen LogP contribution in [-0.2, 0) is 0 Å². The molecule has 1 N–H and O–H groups in total. The SMILES string of the molecule is C[C@@H](Oc1ccc(C(=O)Nc2ccc(N3CCCC3)nc2)cn1)c1ccccc1. The Labute approximate surface area is 170 Å². The zero-order valence-corrected chi connectivity index (χ0v) is 16.4. The molecule has 1 fully saturated rings. The summed E-state index contributed by atoms with van der Waals surface area (Å²) in [6.45, 7) is 4.06. The van der Waals surface area contributed by atoms with Gasteiger partial charge in [-0.05, 0) is 43.5 Å². The number of rotatable bonds is 6. The number of anilines is 2. The second-order valence-corrected chi connectivity index (χ2v) is 7.11. The average molecular weight is 388 g/mol. The Morgan fingerprint density at radius 3 is 2.45 bits per heavy atom. The molecule has 1 aliphatic heterocycles. The number of aromatic nitrogens is 2. The van der Waals surface area contributed by atoms with Crippen molar-refractivity contribution < 1.29 is 9.53 Å². The maximum Gasteiger partial charge on any atom is 0.257 e. The molecule has 148 valence electrons. The lowest BCUT2D eigenvalue weighted by Crippen LogP contribution is -2.19. The standard InChI is InChI=1S/C23H24N4O2/c1-17(18-7-3-2-4-8-18)29-22-12-9-19(15-25-22)23(28)26-20-10-11-21(24-16-20)27-13-5-6-14-27/h2-4,7-12,15-17H,5-6,13-14H2,1H3,(H,26,28)/t17-/m1/s1. The lowest BCUT2D eigenvalue weighted by atomic mass is 10.1. The number of carbonyl (C=O) groups is 1. The third kappa shape index (κ3) is 4.71. The van der Waals surface area contributed by atoms with E-state index in [0.29, 0.717) is 17.1 Å². The lowest BCUT2D eigenvalue weighted by molar-refractivity contribution is 0.102. The van der Waals surface area contributed by atoms with Crippen molar-refractivity contribution in [1.29, 1.82) is 0 Å². The molecule has 2 aromatic heterocycles. The summed E-state index contributed by atoms with van der Waals surface area (Å²) in [4.78, 5) is 23.5. The number of nitrogens with zero attached hydrogens (tertiary/aromatic N) is 3. The van der Waals surface area contributed by atoms with E-state index in [-0.39, 0.29) is 12.0 Å². The molecule has 6 heteroatoms. The van der Waals surface area contributed by atoms with Crippen LogP contribution in [0.4, 0.5) is 11.5 Å². The Bertz CT molecular complexity index is 937. The van der Waals surface area contributed by atoms with Crippen molar-refractivity contribution >= 4 is 17.4 Å². The summed E-state index contributed by atoms with van der Waals surface area (Å²) in [7, 11) is 0. The topological polar surface area (TPSA) is 67.3 Å². The van der Waals surface area contributed by atoms with E-state index >= 15 is 0 Å². The largest absolute Gasteiger partial charge is 0.470 e. The van der Waals surface area contributed by atoms with E-state index in [1.54, 1.807) is 18.3 Å². The molecule has 0 spiro atoms. The van der Waals surface area contributed by atoms with E-state index in [9.17, 15) is 4.79 Å². The van der Waals surface area contributed by atoms with Crippen LogP contribution in [0.2, 0.25) is 0 Å². The van der Waals surface area contributed by atoms with Crippen molar-refractivity contribution in [3.63, 3.8) is 0 Å². The number of hydrogen-bond donors (Lipinski definition) is 1. The number of hydrogen-bond acceptors (Lipinski definition) is 5. The highest BCUT2D eigenvalue weighted by molar-refractivity contribution is 6.04. The van der Waals surface area contributed by atoms with Gasteiger partial charge in [-0.15, -0.1) is 0 Å². The van der Waals surface area contributed by atoms with Gasteiger partial charge in [0.2, 0.25) is 5.88 Å². The highest BCUT2D eigenvalue weighted by Gasteiger charge is 2.14. The van der Waals surface area contributed by atoms with Gasteiger partial charge in [0.1, 0.15) is 11.9 Å². The maximum absolute atomic E-state index is 12.5. The van der Waals surface area contributed by atoms with Gasteiger partial charge in [-0.3, -0.25) is 4.79 Å². The van der Waals surface area contributed by atoms with Crippen LogP contribution in [0.1, 0.15) is 41.8 Å². The van der Waals surface area contributed by atoms with Gasteiger partial charge in [0.15, 0.2) is 0 Å². The van der Waals surface area contributed by atoms with Crippen molar-refractivity contribution in [2.24, 2.45) is 0 Å². The van der Waals surface area contributed by atoms with Crippen molar-refractivity contribution in [2.45, 2.75) is 25.9 Å². The number of ether oxygens (including phenoxy) is 1. The minimum absolute atomic E-state index is 0.122. The summed E-state index contributed by atoms with van der Waals surface area (Å²) in [5.74, 6) is 1.21. The fraction of sp³-hybridized carbons (Fsp3) is 0.261. The number of benzene rings is 1. The minimum atomic E-state index is -0.226. The summed E-state index contributed by atoms with van der Waals surface area (Å²) < 4.78 is 5.86. The van der Waals surface area contributed by atoms with Gasteiger partial charge in [-0.25, -0.2) is 9.97 Å². The molecule has 0 unspecified atom stereocenters. The molecular formula is C23H24N4O2. The van der Waals surface area contributed by atoms with Crippen molar-refractivity contribution in [1.82, 2.24) is 9.97 Å². The van der Waals surface area contributed by atoms with E-state index in [0.717, 1.165) is 24.5 Å². The molecule has 1 atom stereocenters. The molecule has 3 aromatic rings. The monoisotopic (exact) mass is 388 g/mol. The first-order valence-electron chi connectivity index (χ1n) is 9.89. The molecular weight excluding hydrogens is 364 g/mol. The van der Waals surface area contributed by atoms with Crippen molar-refractivity contribution in [3.8, 4) is 5.88 Å². The Kier molecular flexibility index (Phi) is 5.70. The Morgan fingerprint density at radius 1 is 1.00 bits per heavy atom. The summed E-state index contributed by atoms with van der Waals surface area (Å²) in [5, 5.41) is 2.86. The van der Waals surface area contributed by atoms with E-state index in [1.165, 1.54) is 19.0 Å². The van der Waals surface area contributed by atoms with Crippen LogP contribution < -0.4 is 15.0 Å². The molecule has 1 amide bonds. The van der Waals surface area contributed by atoms with E-state index < -0.39 is 0 Å². The average Bonchev–Trinajstić information content (AvgIpc) is 3.30. The number of nitrogens with one attached hydrogen (secondary N) is 1. The smallest absolute Gasteiger partial charge is 0.257 e. The summed E-state index contributed by atoms with van der Waals surface area (Å²) >= 11 is 0. The maximum atomic E-state index is 12.5. The van der Waals surface area contributed by atoms with Gasteiger partial charge in [-0.2, -0.15) is 0 Å². The molecule has 1 aromatic carbocycles. The third-order valence-electron chi connectivity index (χ3n) is 5.00. The second-order valence-electron chi connectivity index (χ2n) is 7.11. The van der Waals surface area contributed by atoms with Crippen molar-refractivity contribution in [2.75, 3.05) is 23.3 Å². The lowest BCUT2D eigenvalue weighted by Gasteiger charge is -2.16. The van der Waals surface area contributed by atoms with E-state index in [1.807, 2.05) is 49.4 Å². The summed E-state index contributed by atoms with van der Waals surface area (Å²) in [5.41, 5.74) is 2.20. The normalized spacial score (nSPS) is 14.4. The van der Waals surface area contributed by atoms with Crippen LogP contribution in [0.25, 0.3) is 0 Å². The quantitative estimate of drug-likeness (QED) is 0.675. The summed E-state index contributed by atoms with van der Waals surface area (Å²) in [6.07, 6.45) is 5.50. The molecule has 0 radical (unpaired) electrons. The molecule has 0 saturated carbocycles. The van der Waals surface area contributed by atoms with Gasteiger partial charge in [0.25, 0.3) is 5.91 Å². The fourth-order valence-electron chi connectivity index (χ4n) is 3.35. The summed E-state index contributed by atoms with van der Waals surface area (Å²) in [6, 6.07) is 17.2. The van der Waals surface area contributed by atoms with Gasteiger partial charge in [0.05, 0.1) is 17.4 Å². The fourth-order valence-corrected chi connectivity index (χ4v) is 3.35. The van der Waals surface area contributed by atoms with Crippen LogP contribution in [0, 0.1) is 0 Å². The first kappa shape index (κ1) is 18.9. The Balaban J connectivity index is 1.35. The Morgan fingerprint density at radius 2 is 1.79 bits per heavy atom. The van der Waals surface area contributed by atoms with E-state index in [2.05, 4.69) is 20.2 Å². The molecule has 29 heavy (non-hydrogen) atoms. The molecule has 6 nitrogen and oxygen atoms in total. The minimum Gasteiger partial charge on any atom is -0.470 e. The predicted molar refractivity (Wildman–Crippen MR) is 113 cm³/mol. The molecule has 0 bridgehead atoms. The van der Waals surface area contributed by atoms with Crippen LogP contribution in [0.15, 0.2) is 67.0 Å². The van der Waals surface area contributed by atoms with Gasteiger partial charge in [0, 0.05) is 25.4 Å². The zero-order valence-electron chi connectivity index (χ0n) is 16.4. The third-order valence-corrected chi connectivity index (χ3v) is 5.00. The molecule has 3 heterocycles. The second kappa shape index (κ2) is 8.73. The Hall–Kier alpha value is -3.41. The molecule has 1 aliphatic rings. The molecule has 4 rings (SSSR count). The van der Waals surface area contributed by atoms with Crippen LogP contribution in [0.3, 0.4) is 0 Å². The van der Waals surface area contributed by atoms with Crippen molar-refractivity contribution in [3.05, 3.63) is 78.1 Å².